The Morgan fingerprint density at radius 1 is 1.10 bits per heavy atom. The highest BCUT2D eigenvalue weighted by Gasteiger charge is 2.29. The Hall–Kier alpha value is -1.44. The fourth-order valence-electron chi connectivity index (χ4n) is 2.04. The third-order valence-corrected chi connectivity index (χ3v) is 5.03. The Morgan fingerprint density at radius 3 is 2.15 bits per heavy atom. The van der Waals surface area contributed by atoms with Gasteiger partial charge in [-0.2, -0.15) is 4.31 Å². The molecule has 20 heavy (non-hydrogen) atoms. The van der Waals surface area contributed by atoms with E-state index in [9.17, 15) is 13.2 Å². The molecule has 6 nitrogen and oxygen atoms in total. The van der Waals surface area contributed by atoms with Crippen molar-refractivity contribution in [2.75, 3.05) is 26.2 Å². The van der Waals surface area contributed by atoms with Crippen molar-refractivity contribution >= 4 is 16.0 Å². The van der Waals surface area contributed by atoms with E-state index in [4.69, 9.17) is 4.84 Å². The summed E-state index contributed by atoms with van der Waals surface area (Å²) in [5.41, 5.74) is 1.02. The van der Waals surface area contributed by atoms with Crippen LogP contribution in [0.4, 0.5) is 0 Å². The molecule has 0 atom stereocenters. The average molecular weight is 298 g/mol. The zero-order chi connectivity index (χ0) is 14.8. The lowest BCUT2D eigenvalue weighted by atomic mass is 10.2. The molecule has 1 aromatic rings. The van der Waals surface area contributed by atoms with E-state index in [2.05, 4.69) is 0 Å². The van der Waals surface area contributed by atoms with E-state index in [0.717, 1.165) is 5.56 Å². The van der Waals surface area contributed by atoms with Gasteiger partial charge in [0.2, 0.25) is 10.0 Å². The molecule has 1 aromatic carbocycles. The van der Waals surface area contributed by atoms with Crippen molar-refractivity contribution < 1.29 is 18.0 Å². The van der Waals surface area contributed by atoms with Crippen LogP contribution in [0.1, 0.15) is 12.5 Å². The first-order chi connectivity index (χ1) is 9.39. The number of hydrogen-bond acceptors (Lipinski definition) is 5. The number of rotatable bonds is 3. The average Bonchev–Trinajstić information content (AvgIpc) is 2.39. The SMILES string of the molecule is CC(=O)ON1CCN(S(=O)(=O)c2ccc(C)cc2)CC1. The Labute approximate surface area is 118 Å². The predicted molar refractivity (Wildman–Crippen MR) is 73.3 cm³/mol. The van der Waals surface area contributed by atoms with Crippen LogP contribution in [-0.4, -0.2) is 49.9 Å². The molecule has 0 N–H and O–H groups in total. The second-order valence-electron chi connectivity index (χ2n) is 4.73. The van der Waals surface area contributed by atoms with Crippen LogP contribution in [0.25, 0.3) is 0 Å². The summed E-state index contributed by atoms with van der Waals surface area (Å²) in [7, 11) is -3.46. The zero-order valence-electron chi connectivity index (χ0n) is 11.6. The third kappa shape index (κ3) is 3.36. The van der Waals surface area contributed by atoms with Crippen molar-refractivity contribution in [3.63, 3.8) is 0 Å². The molecular weight excluding hydrogens is 280 g/mol. The lowest BCUT2D eigenvalue weighted by Crippen LogP contribution is -2.48. The number of hydrogen-bond donors (Lipinski definition) is 0. The third-order valence-electron chi connectivity index (χ3n) is 3.11. The molecule has 1 saturated heterocycles. The fraction of sp³-hybridized carbons (Fsp3) is 0.462. The first-order valence-electron chi connectivity index (χ1n) is 6.40. The summed E-state index contributed by atoms with van der Waals surface area (Å²) in [4.78, 5) is 16.1. The smallest absolute Gasteiger partial charge is 0.322 e. The van der Waals surface area contributed by atoms with Crippen LogP contribution in [0.3, 0.4) is 0 Å². The number of aryl methyl sites for hydroxylation is 1. The normalized spacial score (nSPS) is 17.9. The first-order valence-corrected chi connectivity index (χ1v) is 7.84. The molecule has 0 amide bonds. The summed E-state index contributed by atoms with van der Waals surface area (Å²) in [6.07, 6.45) is 0. The molecule has 1 aliphatic heterocycles. The summed E-state index contributed by atoms with van der Waals surface area (Å²) in [6, 6.07) is 6.79. The van der Waals surface area contributed by atoms with Gasteiger partial charge in [0, 0.05) is 33.1 Å². The minimum Gasteiger partial charge on any atom is -0.368 e. The Kier molecular flexibility index (Phi) is 4.42. The number of nitrogens with zero attached hydrogens (tertiary/aromatic N) is 2. The van der Waals surface area contributed by atoms with E-state index in [-0.39, 0.29) is 5.97 Å². The highest BCUT2D eigenvalue weighted by atomic mass is 32.2. The lowest BCUT2D eigenvalue weighted by Gasteiger charge is -2.32. The monoisotopic (exact) mass is 298 g/mol. The second kappa shape index (κ2) is 5.90. The van der Waals surface area contributed by atoms with Crippen molar-refractivity contribution in [1.82, 2.24) is 9.37 Å². The Morgan fingerprint density at radius 2 is 1.65 bits per heavy atom. The Balaban J connectivity index is 2.05. The summed E-state index contributed by atoms with van der Waals surface area (Å²) < 4.78 is 26.3. The minimum atomic E-state index is -3.46. The van der Waals surface area contributed by atoms with Crippen molar-refractivity contribution in [3.05, 3.63) is 29.8 Å². The topological polar surface area (TPSA) is 66.9 Å². The second-order valence-corrected chi connectivity index (χ2v) is 6.67. The van der Waals surface area contributed by atoms with Gasteiger partial charge in [0.1, 0.15) is 0 Å². The molecular formula is C13H18N2O4S. The van der Waals surface area contributed by atoms with Crippen LogP contribution < -0.4 is 0 Å². The highest BCUT2D eigenvalue weighted by Crippen LogP contribution is 2.18. The minimum absolute atomic E-state index is 0.295. The summed E-state index contributed by atoms with van der Waals surface area (Å²) in [5.74, 6) is -0.389. The molecule has 0 spiro atoms. The molecule has 7 heteroatoms. The van der Waals surface area contributed by atoms with Crippen molar-refractivity contribution in [2.45, 2.75) is 18.7 Å². The van der Waals surface area contributed by atoms with Crippen molar-refractivity contribution in [3.8, 4) is 0 Å². The number of carbonyl (C=O) groups excluding carboxylic acids is 1. The summed E-state index contributed by atoms with van der Waals surface area (Å²) >= 11 is 0. The van der Waals surface area contributed by atoms with Gasteiger partial charge >= 0.3 is 5.97 Å². The number of benzene rings is 1. The van der Waals surface area contributed by atoms with Gasteiger partial charge in [0.25, 0.3) is 0 Å². The van der Waals surface area contributed by atoms with Gasteiger partial charge in [-0.25, -0.2) is 8.42 Å². The number of sulfonamides is 1. The number of carbonyl (C=O) groups is 1. The van der Waals surface area contributed by atoms with Gasteiger partial charge in [0.15, 0.2) is 0 Å². The first kappa shape index (κ1) is 15.0. The molecule has 0 radical (unpaired) electrons. The van der Waals surface area contributed by atoms with Crippen molar-refractivity contribution in [1.29, 1.82) is 0 Å². The van der Waals surface area contributed by atoms with E-state index >= 15 is 0 Å². The van der Waals surface area contributed by atoms with Gasteiger partial charge in [-0.1, -0.05) is 17.7 Å². The van der Waals surface area contributed by atoms with Crippen LogP contribution in [0.15, 0.2) is 29.2 Å². The quantitative estimate of drug-likeness (QED) is 0.825. The van der Waals surface area contributed by atoms with Gasteiger partial charge in [-0.3, -0.25) is 4.79 Å². The molecule has 1 fully saturated rings. The van der Waals surface area contributed by atoms with Crippen molar-refractivity contribution in [2.24, 2.45) is 0 Å². The largest absolute Gasteiger partial charge is 0.368 e. The fourth-order valence-corrected chi connectivity index (χ4v) is 3.46. The van der Waals surface area contributed by atoms with E-state index < -0.39 is 10.0 Å². The standard InChI is InChI=1S/C13H18N2O4S/c1-11-3-5-13(6-4-11)20(17,18)15-9-7-14(8-10-15)19-12(2)16/h3-6H,7-10H2,1-2H3. The van der Waals surface area contributed by atoms with E-state index in [1.54, 1.807) is 24.3 Å². The van der Waals surface area contributed by atoms with Crippen LogP contribution in [0, 0.1) is 6.92 Å². The van der Waals surface area contributed by atoms with Gasteiger partial charge in [0.05, 0.1) is 4.90 Å². The van der Waals surface area contributed by atoms with E-state index in [1.807, 2.05) is 6.92 Å². The van der Waals surface area contributed by atoms with E-state index in [1.165, 1.54) is 16.3 Å². The molecule has 110 valence electrons. The molecule has 1 heterocycles. The lowest BCUT2D eigenvalue weighted by molar-refractivity contribution is -0.192. The molecule has 2 rings (SSSR count). The number of piperazine rings is 1. The molecule has 1 aliphatic rings. The van der Waals surface area contributed by atoms with Crippen LogP contribution >= 0.6 is 0 Å². The van der Waals surface area contributed by atoms with E-state index in [0.29, 0.717) is 31.1 Å². The summed E-state index contributed by atoms with van der Waals surface area (Å²) in [5, 5.41) is 1.49. The van der Waals surface area contributed by atoms with Gasteiger partial charge in [-0.15, -0.1) is 5.06 Å². The molecule has 0 bridgehead atoms. The molecule has 0 aromatic heterocycles. The zero-order valence-corrected chi connectivity index (χ0v) is 12.4. The molecule has 0 saturated carbocycles. The maximum Gasteiger partial charge on any atom is 0.322 e. The highest BCUT2D eigenvalue weighted by molar-refractivity contribution is 7.89. The summed E-state index contributed by atoms with van der Waals surface area (Å²) in [6.45, 7) is 4.62. The maximum atomic E-state index is 12.4. The van der Waals surface area contributed by atoms with Gasteiger partial charge < -0.3 is 4.84 Å². The van der Waals surface area contributed by atoms with Crippen LogP contribution in [0.5, 0.6) is 0 Å². The van der Waals surface area contributed by atoms with Crippen LogP contribution in [-0.2, 0) is 19.7 Å². The molecule has 0 aliphatic carbocycles. The Bertz CT molecular complexity index is 575. The number of hydroxylamine groups is 2. The maximum absolute atomic E-state index is 12.4. The van der Waals surface area contributed by atoms with Crippen LogP contribution in [0.2, 0.25) is 0 Å². The van der Waals surface area contributed by atoms with Gasteiger partial charge in [-0.05, 0) is 19.1 Å². The molecule has 0 unspecified atom stereocenters. The predicted octanol–water partition coefficient (Wildman–Crippen LogP) is 0.779.